The molecular formula is C23H31NO3. The smallest absolute Gasteiger partial charge is 0.220 e. The Morgan fingerprint density at radius 3 is 2.30 bits per heavy atom. The van der Waals surface area contributed by atoms with Crippen LogP contribution >= 0.6 is 0 Å². The monoisotopic (exact) mass is 369 g/mol. The maximum atomic E-state index is 12.6. The predicted octanol–water partition coefficient (Wildman–Crippen LogP) is 4.85. The molecule has 27 heavy (non-hydrogen) atoms. The van der Waals surface area contributed by atoms with Crippen molar-refractivity contribution >= 4 is 5.91 Å². The van der Waals surface area contributed by atoms with Crippen molar-refractivity contribution in [3.63, 3.8) is 0 Å². The molecular weight excluding hydrogens is 338 g/mol. The summed E-state index contributed by atoms with van der Waals surface area (Å²) in [5.41, 5.74) is 3.35. The number of aryl methyl sites for hydroxylation is 2. The molecule has 0 spiro atoms. The summed E-state index contributed by atoms with van der Waals surface area (Å²) in [5.74, 6) is 2.26. The highest BCUT2D eigenvalue weighted by atomic mass is 16.5. The highest BCUT2D eigenvalue weighted by Crippen LogP contribution is 2.24. The topological polar surface area (TPSA) is 47.6 Å². The number of carbonyl (C=O) groups is 1. The minimum atomic E-state index is 0.0148. The molecule has 0 unspecified atom stereocenters. The molecule has 0 heterocycles. The normalized spacial score (nSPS) is 11.9. The third-order valence-corrected chi connectivity index (χ3v) is 4.66. The molecule has 0 fully saturated rings. The average molecular weight is 370 g/mol. The molecule has 2 aromatic rings. The van der Waals surface area contributed by atoms with E-state index in [1.807, 2.05) is 43.3 Å². The molecule has 0 bridgehead atoms. The summed E-state index contributed by atoms with van der Waals surface area (Å²) in [5, 5.41) is 3.21. The zero-order chi connectivity index (χ0) is 19.8. The van der Waals surface area contributed by atoms with Crippen molar-refractivity contribution in [2.75, 3.05) is 14.2 Å². The van der Waals surface area contributed by atoms with E-state index < -0.39 is 0 Å². The predicted molar refractivity (Wildman–Crippen MR) is 109 cm³/mol. The number of carbonyl (C=O) groups excluding carboxylic acids is 1. The third-order valence-electron chi connectivity index (χ3n) is 4.66. The number of methoxy groups -OCH3 is 2. The molecule has 146 valence electrons. The van der Waals surface area contributed by atoms with Gasteiger partial charge in [0, 0.05) is 6.42 Å². The van der Waals surface area contributed by atoms with Crippen LogP contribution in [0, 0.1) is 12.8 Å². The number of hydrogen-bond donors (Lipinski definition) is 1. The summed E-state index contributed by atoms with van der Waals surface area (Å²) >= 11 is 0. The van der Waals surface area contributed by atoms with Gasteiger partial charge in [-0.1, -0.05) is 38.1 Å². The van der Waals surface area contributed by atoms with E-state index in [9.17, 15) is 4.79 Å². The molecule has 2 rings (SSSR count). The van der Waals surface area contributed by atoms with Crippen LogP contribution in [0.3, 0.4) is 0 Å². The lowest BCUT2D eigenvalue weighted by atomic mass is 9.96. The van der Waals surface area contributed by atoms with E-state index in [1.165, 1.54) is 0 Å². The van der Waals surface area contributed by atoms with Crippen LogP contribution in [0.2, 0.25) is 0 Å². The lowest BCUT2D eigenvalue weighted by Gasteiger charge is -2.21. The van der Waals surface area contributed by atoms with Gasteiger partial charge in [0.25, 0.3) is 0 Å². The van der Waals surface area contributed by atoms with Crippen molar-refractivity contribution in [1.29, 1.82) is 0 Å². The van der Waals surface area contributed by atoms with Gasteiger partial charge < -0.3 is 14.8 Å². The number of benzene rings is 2. The van der Waals surface area contributed by atoms with Crippen LogP contribution in [0.5, 0.6) is 11.5 Å². The first-order valence-corrected chi connectivity index (χ1v) is 9.49. The molecule has 2 aromatic carbocycles. The fraction of sp³-hybridized carbons (Fsp3) is 0.435. The zero-order valence-corrected chi connectivity index (χ0v) is 17.0. The summed E-state index contributed by atoms with van der Waals surface area (Å²) in [6.45, 7) is 6.36. The van der Waals surface area contributed by atoms with Gasteiger partial charge in [0.2, 0.25) is 5.91 Å². The first-order chi connectivity index (χ1) is 12.9. The fourth-order valence-corrected chi connectivity index (χ4v) is 3.21. The maximum Gasteiger partial charge on any atom is 0.220 e. The summed E-state index contributed by atoms with van der Waals surface area (Å²) in [6.07, 6.45) is 2.09. The van der Waals surface area contributed by atoms with E-state index in [0.29, 0.717) is 18.8 Å². The van der Waals surface area contributed by atoms with Crippen molar-refractivity contribution < 1.29 is 14.3 Å². The second-order valence-corrected chi connectivity index (χ2v) is 7.33. The number of hydrogen-bond acceptors (Lipinski definition) is 3. The molecule has 0 saturated heterocycles. The Bertz CT molecular complexity index is 738. The standard InChI is InChI=1S/C23H31NO3/c1-16(2)14-21(19-8-10-20(26-4)11-9-19)24-23(25)13-7-18-6-12-22(27-5)17(3)15-18/h6,8-12,15-16,21H,7,13-14H2,1-5H3,(H,24,25)/t21-/m1/s1. The highest BCUT2D eigenvalue weighted by Gasteiger charge is 2.16. The van der Waals surface area contributed by atoms with E-state index in [0.717, 1.165) is 34.6 Å². The summed E-state index contributed by atoms with van der Waals surface area (Å²) in [4.78, 5) is 12.6. The van der Waals surface area contributed by atoms with Crippen LogP contribution in [-0.2, 0) is 11.2 Å². The van der Waals surface area contributed by atoms with Crippen LogP contribution in [-0.4, -0.2) is 20.1 Å². The van der Waals surface area contributed by atoms with Crippen molar-refractivity contribution in [1.82, 2.24) is 5.32 Å². The summed E-state index contributed by atoms with van der Waals surface area (Å²) in [7, 11) is 3.33. The van der Waals surface area contributed by atoms with E-state index in [4.69, 9.17) is 9.47 Å². The Morgan fingerprint density at radius 2 is 1.74 bits per heavy atom. The maximum absolute atomic E-state index is 12.6. The molecule has 0 radical (unpaired) electrons. The Hall–Kier alpha value is -2.49. The number of nitrogens with one attached hydrogen (secondary N) is 1. The lowest BCUT2D eigenvalue weighted by molar-refractivity contribution is -0.121. The van der Waals surface area contributed by atoms with E-state index in [2.05, 4.69) is 25.2 Å². The van der Waals surface area contributed by atoms with Gasteiger partial charge in [0.1, 0.15) is 11.5 Å². The van der Waals surface area contributed by atoms with Gasteiger partial charge in [0.15, 0.2) is 0 Å². The minimum absolute atomic E-state index is 0.0148. The molecule has 4 heteroatoms. The lowest BCUT2D eigenvalue weighted by Crippen LogP contribution is -2.29. The molecule has 0 aliphatic rings. The van der Waals surface area contributed by atoms with Crippen molar-refractivity contribution in [2.45, 2.75) is 46.1 Å². The number of rotatable bonds is 9. The molecule has 0 aromatic heterocycles. The van der Waals surface area contributed by atoms with E-state index >= 15 is 0 Å². The van der Waals surface area contributed by atoms with Crippen LogP contribution < -0.4 is 14.8 Å². The van der Waals surface area contributed by atoms with Crippen LogP contribution in [0.25, 0.3) is 0 Å². The first-order valence-electron chi connectivity index (χ1n) is 9.49. The fourth-order valence-electron chi connectivity index (χ4n) is 3.21. The second kappa shape index (κ2) is 10.0. The zero-order valence-electron chi connectivity index (χ0n) is 17.0. The Kier molecular flexibility index (Phi) is 7.71. The summed E-state index contributed by atoms with van der Waals surface area (Å²) < 4.78 is 10.5. The third kappa shape index (κ3) is 6.31. The van der Waals surface area contributed by atoms with Gasteiger partial charge in [-0.15, -0.1) is 0 Å². The van der Waals surface area contributed by atoms with Crippen LogP contribution in [0.15, 0.2) is 42.5 Å². The molecule has 0 saturated carbocycles. The molecule has 0 aliphatic heterocycles. The van der Waals surface area contributed by atoms with Gasteiger partial charge >= 0.3 is 0 Å². The van der Waals surface area contributed by atoms with Gasteiger partial charge in [-0.05, 0) is 60.6 Å². The Morgan fingerprint density at radius 1 is 1.04 bits per heavy atom. The number of ether oxygens (including phenoxy) is 2. The Balaban J connectivity index is 1.99. The quantitative estimate of drug-likeness (QED) is 0.687. The van der Waals surface area contributed by atoms with E-state index in [-0.39, 0.29) is 11.9 Å². The van der Waals surface area contributed by atoms with Crippen molar-refractivity contribution in [3.05, 3.63) is 59.2 Å². The molecule has 0 aliphatic carbocycles. The van der Waals surface area contributed by atoms with Gasteiger partial charge in [-0.25, -0.2) is 0 Å². The first kappa shape index (κ1) is 20.8. The molecule has 1 atom stereocenters. The highest BCUT2D eigenvalue weighted by molar-refractivity contribution is 5.76. The van der Waals surface area contributed by atoms with Crippen molar-refractivity contribution in [2.24, 2.45) is 5.92 Å². The Labute approximate surface area is 162 Å². The SMILES string of the molecule is COc1ccc([C@@H](CC(C)C)NC(=O)CCc2ccc(OC)c(C)c2)cc1. The average Bonchev–Trinajstić information content (AvgIpc) is 2.65. The van der Waals surface area contributed by atoms with Gasteiger partial charge in [-0.2, -0.15) is 0 Å². The van der Waals surface area contributed by atoms with Crippen molar-refractivity contribution in [3.8, 4) is 11.5 Å². The van der Waals surface area contributed by atoms with Gasteiger partial charge in [-0.3, -0.25) is 4.79 Å². The molecule has 1 N–H and O–H groups in total. The summed E-state index contributed by atoms with van der Waals surface area (Å²) in [6, 6.07) is 14.0. The van der Waals surface area contributed by atoms with Gasteiger partial charge in [0.05, 0.1) is 20.3 Å². The molecule has 4 nitrogen and oxygen atoms in total. The van der Waals surface area contributed by atoms with E-state index in [1.54, 1.807) is 14.2 Å². The largest absolute Gasteiger partial charge is 0.497 e. The minimum Gasteiger partial charge on any atom is -0.497 e. The molecule has 1 amide bonds. The van der Waals surface area contributed by atoms with Crippen LogP contribution in [0.4, 0.5) is 0 Å². The second-order valence-electron chi connectivity index (χ2n) is 7.33. The number of amides is 1. The van der Waals surface area contributed by atoms with Crippen LogP contribution in [0.1, 0.15) is 49.4 Å².